The highest BCUT2D eigenvalue weighted by Crippen LogP contribution is 2.33. The molecule has 12 heteroatoms. The highest BCUT2D eigenvalue weighted by molar-refractivity contribution is 7.92. The monoisotopic (exact) mass is 622 g/mol. The zero-order valence-electron chi connectivity index (χ0n) is 20.7. The van der Waals surface area contributed by atoms with Crippen LogP contribution in [0.15, 0.2) is 82.8 Å². The molecule has 3 aromatic carbocycles. The average molecular weight is 624 g/mol. The summed E-state index contributed by atoms with van der Waals surface area (Å²) in [5.41, 5.74) is 5.63. The van der Waals surface area contributed by atoms with Gasteiger partial charge in [0.15, 0.2) is 0 Å². The number of aryl methyl sites for hydroxylation is 1. The van der Waals surface area contributed by atoms with Gasteiger partial charge in [-0.25, -0.2) is 13.8 Å². The number of hydrogen-bond acceptors (Lipinski definition) is 4. The largest absolute Gasteiger partial charge is 0.316 e. The molecule has 7 nitrogen and oxygen atoms in total. The van der Waals surface area contributed by atoms with Crippen LogP contribution in [0, 0.1) is 13.8 Å². The summed E-state index contributed by atoms with van der Waals surface area (Å²) in [5.74, 6) is -0.677. The molecule has 0 atom stereocenters. The van der Waals surface area contributed by atoms with Crippen LogP contribution < -0.4 is 9.73 Å². The fourth-order valence-electron chi connectivity index (χ4n) is 3.99. The van der Waals surface area contributed by atoms with Crippen LogP contribution in [0.5, 0.6) is 0 Å². The maximum atomic E-state index is 13.5. The number of nitrogens with zero attached hydrogens (tertiary/aromatic N) is 3. The lowest BCUT2D eigenvalue weighted by Crippen LogP contribution is -2.39. The molecule has 1 N–H and O–H groups in total. The Hall–Kier alpha value is -3.01. The fourth-order valence-corrected chi connectivity index (χ4v) is 6.38. The van der Waals surface area contributed by atoms with Gasteiger partial charge in [-0.15, -0.1) is 0 Å². The van der Waals surface area contributed by atoms with Crippen molar-refractivity contribution >= 4 is 74.2 Å². The summed E-state index contributed by atoms with van der Waals surface area (Å²) in [6.45, 7) is 3.21. The van der Waals surface area contributed by atoms with Gasteiger partial charge in [0.05, 0.1) is 32.5 Å². The molecule has 0 spiro atoms. The molecule has 1 aromatic heterocycles. The number of hydrogen-bond donors (Lipinski definition) is 1. The lowest BCUT2D eigenvalue weighted by atomic mass is 10.2. The van der Waals surface area contributed by atoms with Crippen molar-refractivity contribution in [2.75, 3.05) is 10.8 Å². The standard InChI is InChI=1S/C27H22Cl4N4O3S/c1-17-12-19(18(2)35(17)26-14-21(29)8-10-23(26)30)15-32-33-27(36)16-34(25-11-9-20(28)13-24(25)31)39(37,38)22-6-4-3-5-7-22/h3-15H,16H2,1-2H3,(H,33,36)/b32-15+. The Balaban J connectivity index is 1.58. The van der Waals surface area contributed by atoms with Crippen LogP contribution >= 0.6 is 46.4 Å². The smallest absolute Gasteiger partial charge is 0.264 e. The maximum Gasteiger partial charge on any atom is 0.264 e. The number of amides is 1. The van der Waals surface area contributed by atoms with Crippen molar-refractivity contribution in [1.82, 2.24) is 9.99 Å². The summed E-state index contributed by atoms with van der Waals surface area (Å²) in [5, 5.41) is 5.52. The number of sulfonamides is 1. The number of halogens is 4. The predicted molar refractivity (Wildman–Crippen MR) is 158 cm³/mol. The predicted octanol–water partition coefficient (Wildman–Crippen LogP) is 7.05. The van der Waals surface area contributed by atoms with Crippen LogP contribution in [0.2, 0.25) is 20.1 Å². The van der Waals surface area contributed by atoms with E-state index >= 15 is 0 Å². The number of nitrogens with one attached hydrogen (secondary N) is 1. The highest BCUT2D eigenvalue weighted by Gasteiger charge is 2.28. The Morgan fingerprint density at radius 1 is 0.923 bits per heavy atom. The Kier molecular flexibility index (Phi) is 8.93. The molecule has 4 aromatic rings. The molecular formula is C27H22Cl4N4O3S. The number of rotatable bonds is 8. The van der Waals surface area contributed by atoms with E-state index in [2.05, 4.69) is 10.5 Å². The van der Waals surface area contributed by atoms with Gasteiger partial charge in [-0.2, -0.15) is 5.10 Å². The van der Waals surface area contributed by atoms with E-state index in [1.807, 2.05) is 24.5 Å². The first-order chi connectivity index (χ1) is 18.5. The Morgan fingerprint density at radius 3 is 2.28 bits per heavy atom. The van der Waals surface area contributed by atoms with E-state index < -0.39 is 22.5 Å². The van der Waals surface area contributed by atoms with Gasteiger partial charge in [-0.1, -0.05) is 64.6 Å². The molecule has 0 aliphatic rings. The van der Waals surface area contributed by atoms with Crippen molar-refractivity contribution in [1.29, 1.82) is 0 Å². The van der Waals surface area contributed by atoms with Crippen LogP contribution in [-0.2, 0) is 14.8 Å². The Bertz CT molecular complexity index is 1670. The van der Waals surface area contributed by atoms with Crippen LogP contribution in [0.3, 0.4) is 0 Å². The number of anilines is 1. The second kappa shape index (κ2) is 12.0. The third kappa shape index (κ3) is 6.42. The quantitative estimate of drug-likeness (QED) is 0.169. The van der Waals surface area contributed by atoms with Crippen molar-refractivity contribution in [2.45, 2.75) is 18.7 Å². The van der Waals surface area contributed by atoms with Crippen LogP contribution in [0.25, 0.3) is 5.69 Å². The maximum absolute atomic E-state index is 13.5. The summed E-state index contributed by atoms with van der Waals surface area (Å²) >= 11 is 24.9. The lowest BCUT2D eigenvalue weighted by molar-refractivity contribution is -0.119. The molecule has 0 bridgehead atoms. The number of carbonyl (C=O) groups excluding carboxylic acids is 1. The third-order valence-electron chi connectivity index (χ3n) is 5.81. The molecule has 0 fully saturated rings. The molecule has 202 valence electrons. The normalized spacial score (nSPS) is 11.6. The first-order valence-electron chi connectivity index (χ1n) is 11.5. The molecule has 4 rings (SSSR count). The van der Waals surface area contributed by atoms with E-state index in [4.69, 9.17) is 46.4 Å². The summed E-state index contributed by atoms with van der Waals surface area (Å²) < 4.78 is 29.8. The van der Waals surface area contributed by atoms with Gasteiger partial charge in [0.1, 0.15) is 6.54 Å². The molecule has 0 saturated carbocycles. The van der Waals surface area contributed by atoms with Crippen molar-refractivity contribution in [3.05, 3.63) is 110 Å². The van der Waals surface area contributed by atoms with Crippen molar-refractivity contribution in [2.24, 2.45) is 5.10 Å². The topological polar surface area (TPSA) is 83.8 Å². The van der Waals surface area contributed by atoms with E-state index in [9.17, 15) is 13.2 Å². The van der Waals surface area contributed by atoms with Crippen LogP contribution in [0.4, 0.5) is 5.69 Å². The minimum absolute atomic E-state index is 0.000524. The first kappa shape index (κ1) is 29.0. The number of benzene rings is 3. The van der Waals surface area contributed by atoms with Gasteiger partial charge in [0, 0.05) is 27.0 Å². The summed E-state index contributed by atoms with van der Waals surface area (Å²) in [4.78, 5) is 12.9. The van der Waals surface area contributed by atoms with Crippen molar-refractivity contribution in [3.63, 3.8) is 0 Å². The molecular weight excluding hydrogens is 602 g/mol. The van der Waals surface area contributed by atoms with Gasteiger partial charge in [0.25, 0.3) is 15.9 Å². The molecule has 1 amide bonds. The molecule has 0 unspecified atom stereocenters. The van der Waals surface area contributed by atoms with E-state index in [0.717, 1.165) is 21.3 Å². The van der Waals surface area contributed by atoms with Crippen LogP contribution in [-0.4, -0.2) is 31.7 Å². The summed E-state index contributed by atoms with van der Waals surface area (Å²) in [6, 6.07) is 19.1. The molecule has 1 heterocycles. The van der Waals surface area contributed by atoms with E-state index in [0.29, 0.717) is 20.8 Å². The molecule has 0 saturated heterocycles. The molecule has 0 aliphatic carbocycles. The molecule has 0 radical (unpaired) electrons. The van der Waals surface area contributed by atoms with Crippen LogP contribution in [0.1, 0.15) is 17.0 Å². The summed E-state index contributed by atoms with van der Waals surface area (Å²) in [7, 11) is -4.14. The lowest BCUT2D eigenvalue weighted by Gasteiger charge is -2.24. The first-order valence-corrected chi connectivity index (χ1v) is 14.4. The van der Waals surface area contributed by atoms with Gasteiger partial charge < -0.3 is 4.57 Å². The van der Waals surface area contributed by atoms with Gasteiger partial charge in [-0.05, 0) is 68.4 Å². The minimum Gasteiger partial charge on any atom is -0.316 e. The number of carbonyl (C=O) groups is 1. The second-order valence-electron chi connectivity index (χ2n) is 8.47. The van der Waals surface area contributed by atoms with Gasteiger partial charge in [0.2, 0.25) is 0 Å². The summed E-state index contributed by atoms with van der Waals surface area (Å²) in [6.07, 6.45) is 1.47. The Labute approximate surface area is 246 Å². The second-order valence-corrected chi connectivity index (χ2v) is 12.0. The molecule has 39 heavy (non-hydrogen) atoms. The SMILES string of the molecule is Cc1cc(/C=N/NC(=O)CN(c2ccc(Cl)cc2Cl)S(=O)(=O)c2ccccc2)c(C)n1-c1cc(Cl)ccc1Cl. The van der Waals surface area contributed by atoms with Crippen molar-refractivity contribution < 1.29 is 13.2 Å². The van der Waals surface area contributed by atoms with Crippen molar-refractivity contribution in [3.8, 4) is 5.69 Å². The van der Waals surface area contributed by atoms with Gasteiger partial charge >= 0.3 is 0 Å². The van der Waals surface area contributed by atoms with E-state index in [1.165, 1.54) is 36.5 Å². The van der Waals surface area contributed by atoms with E-state index in [1.54, 1.807) is 36.4 Å². The number of hydrazone groups is 1. The minimum atomic E-state index is -4.14. The average Bonchev–Trinajstić information content (AvgIpc) is 3.17. The third-order valence-corrected chi connectivity index (χ3v) is 8.68. The highest BCUT2D eigenvalue weighted by atomic mass is 35.5. The number of aromatic nitrogens is 1. The molecule has 0 aliphatic heterocycles. The zero-order chi connectivity index (χ0) is 28.3. The zero-order valence-corrected chi connectivity index (χ0v) is 24.5. The van der Waals surface area contributed by atoms with E-state index in [-0.39, 0.29) is 15.6 Å². The van der Waals surface area contributed by atoms with Gasteiger partial charge in [-0.3, -0.25) is 9.10 Å². The Morgan fingerprint density at radius 2 is 1.59 bits per heavy atom. The fraction of sp³-hybridized carbons (Fsp3) is 0.111.